The highest BCUT2D eigenvalue weighted by Crippen LogP contribution is 2.27. The second kappa shape index (κ2) is 8.43. The molecule has 0 spiro atoms. The minimum Gasteiger partial charge on any atom is -0.465 e. The fourth-order valence-electron chi connectivity index (χ4n) is 2.52. The van der Waals surface area contributed by atoms with Gasteiger partial charge in [0, 0.05) is 12.6 Å². The summed E-state index contributed by atoms with van der Waals surface area (Å²) in [5.41, 5.74) is 0.239. The lowest BCUT2D eigenvalue weighted by Gasteiger charge is -2.40. The Balaban J connectivity index is 2.25. The van der Waals surface area contributed by atoms with Crippen molar-refractivity contribution in [2.24, 2.45) is 0 Å². The van der Waals surface area contributed by atoms with Crippen LogP contribution in [0.2, 0.25) is 0 Å². The minimum absolute atomic E-state index is 0.0105. The normalized spacial score (nSPS) is 28.3. The number of nitrogens with one attached hydrogen (secondary N) is 1. The van der Waals surface area contributed by atoms with Gasteiger partial charge in [0.15, 0.2) is 6.23 Å². The van der Waals surface area contributed by atoms with Crippen molar-refractivity contribution in [1.29, 1.82) is 0 Å². The lowest BCUT2D eigenvalue weighted by molar-refractivity contribution is -0.221. The van der Waals surface area contributed by atoms with E-state index in [9.17, 15) is 30.0 Å². The summed E-state index contributed by atoms with van der Waals surface area (Å²) in [7, 11) is 1.16. The van der Waals surface area contributed by atoms with Gasteiger partial charge >= 0.3 is 11.9 Å². The van der Waals surface area contributed by atoms with E-state index in [0.29, 0.717) is 0 Å². The monoisotopic (exact) mass is 371 g/mol. The van der Waals surface area contributed by atoms with E-state index >= 15 is 0 Å². The van der Waals surface area contributed by atoms with E-state index in [4.69, 9.17) is 9.47 Å². The Morgan fingerprint density at radius 2 is 1.88 bits per heavy atom. The molecule has 1 aromatic rings. The van der Waals surface area contributed by atoms with Crippen LogP contribution >= 0.6 is 0 Å². The second-order valence-corrected chi connectivity index (χ2v) is 5.69. The molecule has 1 aromatic carbocycles. The van der Waals surface area contributed by atoms with Crippen molar-refractivity contribution in [1.82, 2.24) is 0 Å². The van der Waals surface area contributed by atoms with Crippen LogP contribution in [0.1, 0.15) is 17.3 Å². The van der Waals surface area contributed by atoms with Crippen LogP contribution in [0.5, 0.6) is 5.75 Å². The van der Waals surface area contributed by atoms with Crippen LogP contribution < -0.4 is 10.1 Å². The molecular formula is C16H21NO9. The number of ether oxygens (including phenoxy) is 3. The summed E-state index contributed by atoms with van der Waals surface area (Å²) in [6.45, 7) is 0.614. The molecule has 144 valence electrons. The molecule has 1 aliphatic heterocycles. The van der Waals surface area contributed by atoms with Gasteiger partial charge < -0.3 is 40.0 Å². The standard InChI is InChI=1S/C16H21NO9/c1-7(19)25-10-4-3-8(5-9(10)16(23)24-2)17-15-14(22)13(21)12(20)11(6-18)26-15/h3-5,11-15,17-18,20-22H,6H2,1-2H3/t11-,12-,13+,14-,15-/m1/s1. The van der Waals surface area contributed by atoms with E-state index in [-0.39, 0.29) is 17.0 Å². The molecule has 1 saturated heterocycles. The Morgan fingerprint density at radius 3 is 2.46 bits per heavy atom. The first-order chi connectivity index (χ1) is 12.3. The predicted octanol–water partition coefficient (Wildman–Crippen LogP) is -1.39. The molecule has 5 atom stereocenters. The number of aliphatic hydroxyl groups is 4. The van der Waals surface area contributed by atoms with Crippen molar-refractivity contribution in [3.05, 3.63) is 23.8 Å². The first kappa shape index (κ1) is 20.1. The largest absolute Gasteiger partial charge is 0.465 e. The number of rotatable bonds is 5. The number of methoxy groups -OCH3 is 1. The third-order valence-electron chi connectivity index (χ3n) is 3.84. The van der Waals surface area contributed by atoms with Crippen molar-refractivity contribution < 1.29 is 44.2 Å². The van der Waals surface area contributed by atoms with E-state index in [1.165, 1.54) is 25.1 Å². The molecule has 1 aliphatic rings. The van der Waals surface area contributed by atoms with Gasteiger partial charge in [-0.3, -0.25) is 4.79 Å². The van der Waals surface area contributed by atoms with Crippen LogP contribution in [0.4, 0.5) is 5.69 Å². The molecule has 10 heteroatoms. The van der Waals surface area contributed by atoms with E-state index in [1.54, 1.807) is 0 Å². The summed E-state index contributed by atoms with van der Waals surface area (Å²) >= 11 is 0. The minimum atomic E-state index is -1.54. The van der Waals surface area contributed by atoms with Gasteiger partial charge in [0.25, 0.3) is 0 Å². The highest BCUT2D eigenvalue weighted by molar-refractivity contribution is 5.94. The zero-order valence-electron chi connectivity index (χ0n) is 14.2. The first-order valence-electron chi connectivity index (χ1n) is 7.76. The lowest BCUT2D eigenvalue weighted by Crippen LogP contribution is -2.60. The molecule has 0 aliphatic carbocycles. The third-order valence-corrected chi connectivity index (χ3v) is 3.84. The molecule has 0 saturated carbocycles. The Kier molecular flexibility index (Phi) is 6.51. The lowest BCUT2D eigenvalue weighted by atomic mass is 9.98. The first-order valence-corrected chi connectivity index (χ1v) is 7.76. The van der Waals surface area contributed by atoms with Crippen LogP contribution in [0.15, 0.2) is 18.2 Å². The number of hydrogen-bond acceptors (Lipinski definition) is 10. The topological polar surface area (TPSA) is 155 Å². The van der Waals surface area contributed by atoms with Gasteiger partial charge in [-0.2, -0.15) is 0 Å². The number of benzene rings is 1. The summed E-state index contributed by atoms with van der Waals surface area (Å²) in [6.07, 6.45) is -6.77. The van der Waals surface area contributed by atoms with E-state index in [2.05, 4.69) is 10.1 Å². The average Bonchev–Trinajstić information content (AvgIpc) is 2.62. The number of carbonyl (C=O) groups excluding carboxylic acids is 2. The maximum atomic E-state index is 11.9. The molecule has 1 fully saturated rings. The molecule has 10 nitrogen and oxygen atoms in total. The fourth-order valence-corrected chi connectivity index (χ4v) is 2.52. The number of esters is 2. The highest BCUT2D eigenvalue weighted by atomic mass is 16.6. The van der Waals surface area contributed by atoms with Crippen molar-refractivity contribution in [3.63, 3.8) is 0 Å². The molecular weight excluding hydrogens is 350 g/mol. The van der Waals surface area contributed by atoms with Crippen molar-refractivity contribution >= 4 is 17.6 Å². The van der Waals surface area contributed by atoms with Gasteiger partial charge in [-0.25, -0.2) is 4.79 Å². The van der Waals surface area contributed by atoms with Gasteiger partial charge in [0.05, 0.1) is 13.7 Å². The van der Waals surface area contributed by atoms with Crippen molar-refractivity contribution in [2.45, 2.75) is 37.6 Å². The number of aliphatic hydroxyl groups excluding tert-OH is 4. The Labute approximate surface area is 148 Å². The molecule has 0 radical (unpaired) electrons. The Morgan fingerprint density at radius 1 is 1.19 bits per heavy atom. The Bertz CT molecular complexity index is 663. The molecule has 0 aromatic heterocycles. The van der Waals surface area contributed by atoms with Crippen LogP contribution in [0.25, 0.3) is 0 Å². The number of anilines is 1. The highest BCUT2D eigenvalue weighted by Gasteiger charge is 2.43. The maximum Gasteiger partial charge on any atom is 0.341 e. The third kappa shape index (κ3) is 4.29. The van der Waals surface area contributed by atoms with E-state index in [1.807, 2.05) is 0 Å². The second-order valence-electron chi connectivity index (χ2n) is 5.69. The quantitative estimate of drug-likeness (QED) is 0.309. The zero-order chi connectivity index (χ0) is 19.4. The number of hydrogen-bond donors (Lipinski definition) is 5. The van der Waals surface area contributed by atoms with Crippen LogP contribution in [-0.2, 0) is 14.3 Å². The van der Waals surface area contributed by atoms with Gasteiger partial charge in [0.1, 0.15) is 35.7 Å². The van der Waals surface area contributed by atoms with Crippen LogP contribution in [-0.4, -0.2) is 76.7 Å². The predicted molar refractivity (Wildman–Crippen MR) is 86.5 cm³/mol. The van der Waals surface area contributed by atoms with Gasteiger partial charge in [-0.1, -0.05) is 0 Å². The van der Waals surface area contributed by atoms with Gasteiger partial charge in [0.2, 0.25) is 0 Å². The van der Waals surface area contributed by atoms with Gasteiger partial charge in [-0.15, -0.1) is 0 Å². The van der Waals surface area contributed by atoms with Crippen LogP contribution in [0.3, 0.4) is 0 Å². The molecule has 5 N–H and O–H groups in total. The molecule has 0 bridgehead atoms. The summed E-state index contributed by atoms with van der Waals surface area (Å²) in [4.78, 5) is 23.0. The summed E-state index contributed by atoms with van der Waals surface area (Å²) in [6, 6.07) is 4.11. The maximum absolute atomic E-state index is 11.9. The van der Waals surface area contributed by atoms with E-state index < -0.39 is 49.2 Å². The smallest absolute Gasteiger partial charge is 0.341 e. The van der Waals surface area contributed by atoms with E-state index in [0.717, 1.165) is 7.11 Å². The molecule has 0 amide bonds. The molecule has 1 heterocycles. The fraction of sp³-hybridized carbons (Fsp3) is 0.500. The van der Waals surface area contributed by atoms with Crippen LogP contribution in [0, 0.1) is 0 Å². The van der Waals surface area contributed by atoms with Crippen molar-refractivity contribution in [2.75, 3.05) is 19.0 Å². The summed E-state index contributed by atoms with van der Waals surface area (Å²) < 4.78 is 14.9. The van der Waals surface area contributed by atoms with Crippen molar-refractivity contribution in [3.8, 4) is 5.75 Å². The average molecular weight is 371 g/mol. The summed E-state index contributed by atoms with van der Waals surface area (Å²) in [5.74, 6) is -1.38. The molecule has 26 heavy (non-hydrogen) atoms. The number of carbonyl (C=O) groups is 2. The zero-order valence-corrected chi connectivity index (χ0v) is 14.2. The van der Waals surface area contributed by atoms with Gasteiger partial charge in [-0.05, 0) is 18.2 Å². The summed E-state index contributed by atoms with van der Waals surface area (Å²) in [5, 5.41) is 41.6. The molecule has 2 rings (SSSR count). The SMILES string of the molecule is COC(=O)c1cc(N[C@@H]2O[C@H](CO)[C@@H](O)[C@H](O)[C@H]2O)ccc1OC(C)=O. The Hall–Kier alpha value is -2.24. The molecule has 0 unspecified atom stereocenters.